The molecule has 1 aromatic rings. The van der Waals surface area contributed by atoms with Gasteiger partial charge >= 0.3 is 0 Å². The van der Waals surface area contributed by atoms with Crippen molar-refractivity contribution in [3.63, 3.8) is 0 Å². The lowest BCUT2D eigenvalue weighted by Gasteiger charge is -2.24. The van der Waals surface area contributed by atoms with Gasteiger partial charge in [-0.1, -0.05) is 45.4 Å². The second-order valence-corrected chi connectivity index (χ2v) is 8.38. The van der Waals surface area contributed by atoms with Crippen LogP contribution in [0.5, 0.6) is 0 Å². The summed E-state index contributed by atoms with van der Waals surface area (Å²) < 4.78 is 15.0. The molecule has 1 rings (SSSR count). The summed E-state index contributed by atoms with van der Waals surface area (Å²) in [4.78, 5) is 0. The summed E-state index contributed by atoms with van der Waals surface area (Å²) in [6, 6.07) is 3.56. The molecule has 1 atom stereocenters. The maximum absolute atomic E-state index is 14.2. The molecule has 1 aromatic carbocycles. The Kier molecular flexibility index (Phi) is 6.64. The van der Waals surface area contributed by atoms with Gasteiger partial charge in [-0.15, -0.1) is 0 Å². The number of hydrogen-bond acceptors (Lipinski definition) is 2. The van der Waals surface area contributed by atoms with Crippen molar-refractivity contribution in [2.75, 3.05) is 12.3 Å². The Bertz CT molecular complexity index is 434. The predicted octanol–water partition coefficient (Wildman–Crippen LogP) is 5.42. The number of rotatable bonds is 5. The third kappa shape index (κ3) is 5.25. The number of nitrogens with one attached hydrogen (secondary N) is 1. The van der Waals surface area contributed by atoms with Crippen LogP contribution in [0.4, 0.5) is 4.39 Å². The van der Waals surface area contributed by atoms with E-state index in [-0.39, 0.29) is 21.6 Å². The van der Waals surface area contributed by atoms with E-state index in [1.54, 1.807) is 12.1 Å². The molecule has 0 aliphatic carbocycles. The van der Waals surface area contributed by atoms with Crippen LogP contribution < -0.4 is 5.32 Å². The molecule has 5 heteroatoms. The zero-order chi connectivity index (χ0) is 14.6. The van der Waals surface area contributed by atoms with E-state index in [9.17, 15) is 4.39 Å². The fourth-order valence-electron chi connectivity index (χ4n) is 1.65. The van der Waals surface area contributed by atoms with Gasteiger partial charge in [0, 0.05) is 26.6 Å². The van der Waals surface area contributed by atoms with Gasteiger partial charge in [-0.25, -0.2) is 4.39 Å². The molecular formula is C14H20BrClFNS. The lowest BCUT2D eigenvalue weighted by molar-refractivity contribution is 0.544. The Balaban J connectivity index is 2.96. The topological polar surface area (TPSA) is 12.0 Å². The van der Waals surface area contributed by atoms with Crippen LogP contribution in [0.1, 0.15) is 39.3 Å². The molecule has 0 saturated heterocycles. The SMILES string of the molecule is CCNC(CSC(C)(C)C)c1ccc(Br)c(Cl)c1F. The van der Waals surface area contributed by atoms with Gasteiger partial charge in [0.2, 0.25) is 0 Å². The number of hydrogen-bond donors (Lipinski definition) is 1. The molecule has 19 heavy (non-hydrogen) atoms. The summed E-state index contributed by atoms with van der Waals surface area (Å²) >= 11 is 11.0. The molecule has 0 heterocycles. The van der Waals surface area contributed by atoms with Gasteiger partial charge in [0.1, 0.15) is 5.82 Å². The number of thioether (sulfide) groups is 1. The maximum Gasteiger partial charge on any atom is 0.147 e. The summed E-state index contributed by atoms with van der Waals surface area (Å²) in [6.45, 7) is 9.29. The second kappa shape index (κ2) is 7.30. The van der Waals surface area contributed by atoms with Gasteiger partial charge in [-0.2, -0.15) is 11.8 Å². The smallest absolute Gasteiger partial charge is 0.147 e. The Morgan fingerprint density at radius 2 is 2.05 bits per heavy atom. The lowest BCUT2D eigenvalue weighted by Crippen LogP contribution is -2.26. The van der Waals surface area contributed by atoms with E-state index < -0.39 is 0 Å². The highest BCUT2D eigenvalue weighted by Gasteiger charge is 2.21. The Hall–Kier alpha value is 0.230. The van der Waals surface area contributed by atoms with E-state index in [0.29, 0.717) is 10.0 Å². The average Bonchev–Trinajstić information content (AvgIpc) is 2.31. The van der Waals surface area contributed by atoms with Gasteiger partial charge in [-0.05, 0) is 28.5 Å². The van der Waals surface area contributed by atoms with Crippen LogP contribution in [-0.2, 0) is 0 Å². The molecule has 108 valence electrons. The molecule has 0 aliphatic rings. The molecule has 0 fully saturated rings. The molecule has 0 saturated carbocycles. The lowest BCUT2D eigenvalue weighted by atomic mass is 10.1. The predicted molar refractivity (Wildman–Crippen MR) is 87.7 cm³/mol. The largest absolute Gasteiger partial charge is 0.309 e. The van der Waals surface area contributed by atoms with Crippen LogP contribution in [0.25, 0.3) is 0 Å². The quantitative estimate of drug-likeness (QED) is 0.696. The van der Waals surface area contributed by atoms with E-state index in [2.05, 4.69) is 42.0 Å². The van der Waals surface area contributed by atoms with Crippen LogP contribution in [0.15, 0.2) is 16.6 Å². The van der Waals surface area contributed by atoms with Crippen LogP contribution >= 0.6 is 39.3 Å². The first-order valence-corrected chi connectivity index (χ1v) is 8.42. The first-order valence-electron chi connectivity index (χ1n) is 6.27. The van der Waals surface area contributed by atoms with Gasteiger partial charge in [-0.3, -0.25) is 0 Å². The molecule has 1 nitrogen and oxygen atoms in total. The Labute approximate surface area is 132 Å². The molecule has 0 aliphatic heterocycles. The van der Waals surface area contributed by atoms with Crippen molar-refractivity contribution in [1.29, 1.82) is 0 Å². The van der Waals surface area contributed by atoms with Crippen molar-refractivity contribution in [2.45, 2.75) is 38.5 Å². The highest BCUT2D eigenvalue weighted by atomic mass is 79.9. The monoisotopic (exact) mass is 367 g/mol. The van der Waals surface area contributed by atoms with E-state index in [1.165, 1.54) is 0 Å². The molecule has 0 amide bonds. The molecular weight excluding hydrogens is 349 g/mol. The highest BCUT2D eigenvalue weighted by Crippen LogP contribution is 2.33. The zero-order valence-electron chi connectivity index (χ0n) is 11.7. The number of halogens is 3. The van der Waals surface area contributed by atoms with E-state index in [1.807, 2.05) is 18.7 Å². The standard InChI is InChI=1S/C14H20BrClFNS/c1-5-18-11(8-19-14(2,3)4)9-6-7-10(15)12(16)13(9)17/h6-7,11,18H,5,8H2,1-4H3. The fraction of sp³-hybridized carbons (Fsp3) is 0.571. The first-order chi connectivity index (χ1) is 8.76. The van der Waals surface area contributed by atoms with E-state index in [4.69, 9.17) is 11.6 Å². The first kappa shape index (κ1) is 17.3. The minimum atomic E-state index is -0.337. The minimum absolute atomic E-state index is 0.0279. The summed E-state index contributed by atoms with van der Waals surface area (Å²) in [6.07, 6.45) is 0. The molecule has 0 bridgehead atoms. The van der Waals surface area contributed by atoms with Crippen LogP contribution in [0.2, 0.25) is 5.02 Å². The van der Waals surface area contributed by atoms with Gasteiger partial charge < -0.3 is 5.32 Å². The zero-order valence-corrected chi connectivity index (χ0v) is 14.8. The normalized spacial score (nSPS) is 13.6. The third-order valence-corrected chi connectivity index (χ3v) is 5.20. The van der Waals surface area contributed by atoms with E-state index >= 15 is 0 Å². The summed E-state index contributed by atoms with van der Waals surface area (Å²) in [5, 5.41) is 3.48. The van der Waals surface area contributed by atoms with Crippen molar-refractivity contribution in [2.24, 2.45) is 0 Å². The van der Waals surface area contributed by atoms with Crippen molar-refractivity contribution in [3.05, 3.63) is 33.0 Å². The van der Waals surface area contributed by atoms with Crippen LogP contribution in [0, 0.1) is 5.82 Å². The Morgan fingerprint density at radius 3 is 2.58 bits per heavy atom. The second-order valence-electron chi connectivity index (χ2n) is 5.30. The van der Waals surface area contributed by atoms with Gasteiger partial charge in [0.05, 0.1) is 5.02 Å². The average molecular weight is 369 g/mol. The van der Waals surface area contributed by atoms with Crippen molar-refractivity contribution >= 4 is 39.3 Å². The summed E-state index contributed by atoms with van der Waals surface area (Å²) in [5.41, 5.74) is 0.631. The van der Waals surface area contributed by atoms with Crippen molar-refractivity contribution in [3.8, 4) is 0 Å². The van der Waals surface area contributed by atoms with E-state index in [0.717, 1.165) is 12.3 Å². The highest BCUT2D eigenvalue weighted by molar-refractivity contribution is 9.10. The molecule has 0 spiro atoms. The molecule has 0 aromatic heterocycles. The van der Waals surface area contributed by atoms with Gasteiger partial charge in [0.15, 0.2) is 0 Å². The summed E-state index contributed by atoms with van der Waals surface area (Å²) in [7, 11) is 0. The van der Waals surface area contributed by atoms with Crippen molar-refractivity contribution in [1.82, 2.24) is 5.32 Å². The van der Waals surface area contributed by atoms with Crippen molar-refractivity contribution < 1.29 is 4.39 Å². The Morgan fingerprint density at radius 1 is 1.42 bits per heavy atom. The van der Waals surface area contributed by atoms with Gasteiger partial charge in [0.25, 0.3) is 0 Å². The molecule has 0 radical (unpaired) electrons. The number of benzene rings is 1. The van der Waals surface area contributed by atoms with Crippen LogP contribution in [-0.4, -0.2) is 17.0 Å². The third-order valence-electron chi connectivity index (χ3n) is 2.57. The molecule has 1 unspecified atom stereocenters. The maximum atomic E-state index is 14.2. The van der Waals surface area contributed by atoms with Crippen LogP contribution in [0.3, 0.4) is 0 Å². The minimum Gasteiger partial charge on any atom is -0.309 e. The summed E-state index contributed by atoms with van der Waals surface area (Å²) in [5.74, 6) is 0.475. The fourth-order valence-corrected chi connectivity index (χ4v) is 3.09. The molecule has 1 N–H and O–H groups in total.